The number of hydrogen-bond donors (Lipinski definition) is 1. The van der Waals surface area contributed by atoms with Gasteiger partial charge in [-0.15, -0.1) is 5.10 Å². The Hall–Kier alpha value is -2.51. The van der Waals surface area contributed by atoms with Crippen molar-refractivity contribution in [3.8, 4) is 0 Å². The number of nitrogens with one attached hydrogen (secondary N) is 1. The average molecular weight is 326 g/mol. The van der Waals surface area contributed by atoms with Crippen molar-refractivity contribution in [3.05, 3.63) is 65.9 Å². The van der Waals surface area contributed by atoms with Crippen LogP contribution in [0.4, 0.5) is 0 Å². The Kier molecular flexibility index (Phi) is 5.35. The Morgan fingerprint density at radius 3 is 2.71 bits per heavy atom. The maximum absolute atomic E-state index is 5.52. The predicted octanol–water partition coefficient (Wildman–Crippen LogP) is 1.71. The summed E-state index contributed by atoms with van der Waals surface area (Å²) in [5.41, 5.74) is 1.17. The van der Waals surface area contributed by atoms with E-state index in [9.17, 15) is 0 Å². The van der Waals surface area contributed by atoms with E-state index in [1.54, 1.807) is 6.26 Å². The minimum atomic E-state index is 0.165. The zero-order chi connectivity index (χ0) is 16.8. The van der Waals surface area contributed by atoms with Gasteiger partial charge in [0.2, 0.25) is 0 Å². The predicted molar refractivity (Wildman–Crippen MR) is 90.2 cm³/mol. The normalized spacial score (nSPS) is 12.6. The summed E-state index contributed by atoms with van der Waals surface area (Å²) in [6, 6.07) is 14.2. The standard InChI is InChI=1S/C17H22N6O/c1-22(2)15(16-9-6-10-24-16)11-18-12-17-19-20-21-23(17)13-14-7-4-3-5-8-14/h3-10,15,18H,11-13H2,1-2H3/t15-/m1/s1. The van der Waals surface area contributed by atoms with E-state index in [0.29, 0.717) is 13.1 Å². The van der Waals surface area contributed by atoms with Gasteiger partial charge in [-0.05, 0) is 42.2 Å². The Bertz CT molecular complexity index is 723. The third-order valence-electron chi connectivity index (χ3n) is 3.90. The van der Waals surface area contributed by atoms with Crippen molar-refractivity contribution in [2.24, 2.45) is 0 Å². The summed E-state index contributed by atoms with van der Waals surface area (Å²) < 4.78 is 7.34. The molecule has 0 unspecified atom stereocenters. The molecule has 1 aromatic carbocycles. The van der Waals surface area contributed by atoms with Gasteiger partial charge in [0.1, 0.15) is 5.76 Å². The van der Waals surface area contributed by atoms with E-state index in [2.05, 4.69) is 37.9 Å². The zero-order valence-corrected chi connectivity index (χ0v) is 14.0. The van der Waals surface area contributed by atoms with Gasteiger partial charge in [0.25, 0.3) is 0 Å². The van der Waals surface area contributed by atoms with Crippen LogP contribution < -0.4 is 5.32 Å². The van der Waals surface area contributed by atoms with Crippen molar-refractivity contribution < 1.29 is 4.42 Å². The van der Waals surface area contributed by atoms with Crippen LogP contribution in [0.3, 0.4) is 0 Å². The maximum Gasteiger partial charge on any atom is 0.165 e. The molecule has 0 aliphatic rings. The molecule has 0 fully saturated rings. The van der Waals surface area contributed by atoms with Gasteiger partial charge in [-0.1, -0.05) is 30.3 Å². The van der Waals surface area contributed by atoms with E-state index in [-0.39, 0.29) is 6.04 Å². The third-order valence-corrected chi connectivity index (χ3v) is 3.90. The first-order valence-corrected chi connectivity index (χ1v) is 7.93. The lowest BCUT2D eigenvalue weighted by Gasteiger charge is -2.22. The topological polar surface area (TPSA) is 72.0 Å². The number of likely N-dealkylation sites (N-methyl/N-ethyl adjacent to an activating group) is 1. The lowest BCUT2D eigenvalue weighted by Crippen LogP contribution is -2.31. The molecule has 1 N–H and O–H groups in total. The smallest absolute Gasteiger partial charge is 0.165 e. The van der Waals surface area contributed by atoms with Gasteiger partial charge in [0.05, 0.1) is 25.4 Å². The number of benzene rings is 1. The van der Waals surface area contributed by atoms with Crippen molar-refractivity contribution >= 4 is 0 Å². The van der Waals surface area contributed by atoms with Gasteiger partial charge in [-0.3, -0.25) is 4.90 Å². The number of hydrogen-bond acceptors (Lipinski definition) is 6. The van der Waals surface area contributed by atoms with Crippen molar-refractivity contribution in [2.45, 2.75) is 19.1 Å². The molecule has 0 aliphatic carbocycles. The second-order valence-electron chi connectivity index (χ2n) is 5.86. The van der Waals surface area contributed by atoms with Crippen LogP contribution in [0.15, 0.2) is 53.1 Å². The first kappa shape index (κ1) is 16.4. The van der Waals surface area contributed by atoms with Crippen LogP contribution in [0.1, 0.15) is 23.2 Å². The summed E-state index contributed by atoms with van der Waals surface area (Å²) in [5, 5.41) is 15.4. The molecular formula is C17H22N6O. The Labute approximate surface area is 141 Å². The highest BCUT2D eigenvalue weighted by Gasteiger charge is 2.17. The second-order valence-corrected chi connectivity index (χ2v) is 5.86. The van der Waals surface area contributed by atoms with E-state index < -0.39 is 0 Å². The summed E-state index contributed by atoms with van der Waals surface area (Å²) in [5.74, 6) is 1.76. The molecular weight excluding hydrogens is 304 g/mol. The van der Waals surface area contributed by atoms with Crippen molar-refractivity contribution in [1.82, 2.24) is 30.4 Å². The van der Waals surface area contributed by atoms with Crippen LogP contribution in [0.5, 0.6) is 0 Å². The van der Waals surface area contributed by atoms with Crippen LogP contribution in [0.2, 0.25) is 0 Å². The molecule has 0 aliphatic heterocycles. The Morgan fingerprint density at radius 1 is 1.17 bits per heavy atom. The molecule has 7 heteroatoms. The molecule has 2 aromatic heterocycles. The van der Waals surface area contributed by atoms with Crippen LogP contribution >= 0.6 is 0 Å². The van der Waals surface area contributed by atoms with E-state index in [0.717, 1.165) is 18.1 Å². The number of rotatable bonds is 8. The molecule has 2 heterocycles. The van der Waals surface area contributed by atoms with Crippen molar-refractivity contribution in [3.63, 3.8) is 0 Å². The van der Waals surface area contributed by atoms with Gasteiger partial charge >= 0.3 is 0 Å². The third kappa shape index (κ3) is 4.06. The molecule has 0 saturated carbocycles. The molecule has 0 saturated heterocycles. The first-order valence-electron chi connectivity index (χ1n) is 7.93. The molecule has 0 radical (unpaired) electrons. The number of furan rings is 1. The molecule has 3 rings (SSSR count). The Morgan fingerprint density at radius 2 is 2.00 bits per heavy atom. The van der Waals surface area contributed by atoms with Crippen LogP contribution in [0, 0.1) is 0 Å². The first-order chi connectivity index (χ1) is 11.7. The molecule has 3 aromatic rings. The van der Waals surface area contributed by atoms with Crippen molar-refractivity contribution in [1.29, 1.82) is 0 Å². The fourth-order valence-corrected chi connectivity index (χ4v) is 2.57. The van der Waals surface area contributed by atoms with Crippen LogP contribution in [-0.4, -0.2) is 45.7 Å². The molecule has 126 valence electrons. The van der Waals surface area contributed by atoms with E-state index in [1.807, 2.05) is 49.1 Å². The summed E-state index contributed by atoms with van der Waals surface area (Å²) in [6.07, 6.45) is 1.70. The lowest BCUT2D eigenvalue weighted by molar-refractivity contribution is 0.249. The lowest BCUT2D eigenvalue weighted by atomic mass is 10.2. The largest absolute Gasteiger partial charge is 0.468 e. The van der Waals surface area contributed by atoms with Gasteiger partial charge in [0.15, 0.2) is 5.82 Å². The highest BCUT2D eigenvalue weighted by atomic mass is 16.3. The SMILES string of the molecule is CN(C)[C@H](CNCc1nnnn1Cc1ccccc1)c1ccco1. The van der Waals surface area contributed by atoms with E-state index >= 15 is 0 Å². The molecule has 24 heavy (non-hydrogen) atoms. The quantitative estimate of drug-likeness (QED) is 0.679. The fourth-order valence-electron chi connectivity index (χ4n) is 2.57. The Balaban J connectivity index is 1.58. The number of nitrogens with zero attached hydrogens (tertiary/aromatic N) is 5. The maximum atomic E-state index is 5.52. The zero-order valence-electron chi connectivity index (χ0n) is 14.0. The molecule has 0 amide bonds. The van der Waals surface area contributed by atoms with Gasteiger partial charge in [-0.25, -0.2) is 4.68 Å². The van der Waals surface area contributed by atoms with Gasteiger partial charge in [-0.2, -0.15) is 0 Å². The molecule has 7 nitrogen and oxygen atoms in total. The number of aromatic nitrogens is 4. The van der Waals surface area contributed by atoms with E-state index in [4.69, 9.17) is 4.42 Å². The minimum absolute atomic E-state index is 0.165. The average Bonchev–Trinajstić information content (AvgIpc) is 3.24. The summed E-state index contributed by atoms with van der Waals surface area (Å²) in [4.78, 5) is 2.12. The molecule has 0 spiro atoms. The van der Waals surface area contributed by atoms with E-state index in [1.165, 1.54) is 5.56 Å². The highest BCUT2D eigenvalue weighted by Crippen LogP contribution is 2.17. The molecule has 1 atom stereocenters. The van der Waals surface area contributed by atoms with Gasteiger partial charge < -0.3 is 9.73 Å². The highest BCUT2D eigenvalue weighted by molar-refractivity contribution is 5.15. The summed E-state index contributed by atoms with van der Waals surface area (Å²) in [7, 11) is 4.07. The monoisotopic (exact) mass is 326 g/mol. The van der Waals surface area contributed by atoms with Gasteiger partial charge in [0, 0.05) is 6.54 Å². The fraction of sp³-hybridized carbons (Fsp3) is 0.353. The summed E-state index contributed by atoms with van der Waals surface area (Å²) >= 11 is 0. The van der Waals surface area contributed by atoms with Crippen LogP contribution in [-0.2, 0) is 13.1 Å². The van der Waals surface area contributed by atoms with Crippen molar-refractivity contribution in [2.75, 3.05) is 20.6 Å². The second kappa shape index (κ2) is 7.85. The minimum Gasteiger partial charge on any atom is -0.468 e. The molecule has 0 bridgehead atoms. The summed E-state index contributed by atoms with van der Waals surface area (Å²) in [6.45, 7) is 2.02. The van der Waals surface area contributed by atoms with Crippen LogP contribution in [0.25, 0.3) is 0 Å². The number of tetrazole rings is 1.